The average Bonchev–Trinajstić information content (AvgIpc) is 2.27. The molecule has 0 saturated carbocycles. The maximum absolute atomic E-state index is 3.75. The Kier molecular flexibility index (Phi) is 14.0. The summed E-state index contributed by atoms with van der Waals surface area (Å²) in [5, 5.41) is 0. The Labute approximate surface area is 112 Å². The Bertz CT molecular complexity index is 123. The summed E-state index contributed by atoms with van der Waals surface area (Å²) in [6, 6.07) is 0. The number of hydrogen-bond donors (Lipinski definition) is 0. The number of alkyl halides is 1. The molecule has 1 atom stereocenters. The van der Waals surface area contributed by atoms with Gasteiger partial charge in [-0.2, -0.15) is 0 Å². The van der Waals surface area contributed by atoms with Gasteiger partial charge >= 0.3 is 0 Å². The van der Waals surface area contributed by atoms with Crippen LogP contribution >= 0.6 is 15.9 Å². The molecule has 0 saturated heterocycles. The molecule has 0 N–H and O–H groups in total. The third kappa shape index (κ3) is 12.5. The SMILES string of the molecule is CCCCCCCCCCCC(Br)CCC. The fraction of sp³-hybridized carbons (Fsp3) is 1.00. The zero-order valence-electron chi connectivity index (χ0n) is 11.4. The van der Waals surface area contributed by atoms with Gasteiger partial charge in [-0.15, -0.1) is 0 Å². The van der Waals surface area contributed by atoms with Gasteiger partial charge < -0.3 is 0 Å². The van der Waals surface area contributed by atoms with Crippen molar-refractivity contribution in [2.75, 3.05) is 0 Å². The van der Waals surface area contributed by atoms with Crippen molar-refractivity contribution >= 4 is 15.9 Å². The molecular weight excluding hydrogens is 260 g/mol. The molecule has 0 aliphatic carbocycles. The van der Waals surface area contributed by atoms with E-state index in [4.69, 9.17) is 0 Å². The van der Waals surface area contributed by atoms with E-state index in [1.165, 1.54) is 77.0 Å². The highest BCUT2D eigenvalue weighted by Crippen LogP contribution is 2.17. The lowest BCUT2D eigenvalue weighted by molar-refractivity contribution is 0.548. The summed E-state index contributed by atoms with van der Waals surface area (Å²) in [6.07, 6.45) is 17.0. The van der Waals surface area contributed by atoms with Gasteiger partial charge in [0.1, 0.15) is 0 Å². The maximum Gasteiger partial charge on any atom is 0.0145 e. The number of unbranched alkanes of at least 4 members (excludes halogenated alkanes) is 8. The molecule has 1 unspecified atom stereocenters. The molecule has 0 aromatic heterocycles. The summed E-state index contributed by atoms with van der Waals surface area (Å²) in [6.45, 7) is 4.55. The van der Waals surface area contributed by atoms with Crippen molar-refractivity contribution in [3.8, 4) is 0 Å². The van der Waals surface area contributed by atoms with Crippen LogP contribution in [0.2, 0.25) is 0 Å². The minimum atomic E-state index is 0.780. The van der Waals surface area contributed by atoms with Crippen LogP contribution in [-0.4, -0.2) is 4.83 Å². The molecule has 0 amide bonds. The highest BCUT2D eigenvalue weighted by atomic mass is 79.9. The predicted molar refractivity (Wildman–Crippen MR) is 79.5 cm³/mol. The van der Waals surface area contributed by atoms with Gasteiger partial charge in [-0.25, -0.2) is 0 Å². The topological polar surface area (TPSA) is 0 Å². The van der Waals surface area contributed by atoms with Gasteiger partial charge in [-0.05, 0) is 12.8 Å². The lowest BCUT2D eigenvalue weighted by Crippen LogP contribution is -1.96. The summed E-state index contributed by atoms with van der Waals surface area (Å²) in [4.78, 5) is 0.780. The second-order valence-corrected chi connectivity index (χ2v) is 6.30. The van der Waals surface area contributed by atoms with Crippen molar-refractivity contribution in [2.45, 2.75) is 95.7 Å². The van der Waals surface area contributed by atoms with Gasteiger partial charge in [0.05, 0.1) is 0 Å². The van der Waals surface area contributed by atoms with Crippen LogP contribution in [0, 0.1) is 0 Å². The Morgan fingerprint density at radius 2 is 1.12 bits per heavy atom. The first-order valence-corrected chi connectivity index (χ1v) is 8.36. The van der Waals surface area contributed by atoms with E-state index in [1.807, 2.05) is 0 Å². The first kappa shape index (κ1) is 16.5. The zero-order chi connectivity index (χ0) is 12.1. The molecule has 1 heteroatoms. The first-order valence-electron chi connectivity index (χ1n) is 7.45. The average molecular weight is 291 g/mol. The largest absolute Gasteiger partial charge is 0.0891 e. The van der Waals surface area contributed by atoms with Gasteiger partial charge in [0.25, 0.3) is 0 Å². The van der Waals surface area contributed by atoms with Gasteiger partial charge in [0.15, 0.2) is 0 Å². The number of halogens is 1. The predicted octanol–water partition coefficient (Wildman–Crippen LogP) is 6.47. The van der Waals surface area contributed by atoms with Crippen molar-refractivity contribution in [3.05, 3.63) is 0 Å². The number of rotatable bonds is 12. The molecule has 0 heterocycles. The van der Waals surface area contributed by atoms with Crippen LogP contribution in [0.25, 0.3) is 0 Å². The highest BCUT2D eigenvalue weighted by Gasteiger charge is 2.01. The minimum Gasteiger partial charge on any atom is -0.0891 e. The zero-order valence-corrected chi connectivity index (χ0v) is 13.0. The van der Waals surface area contributed by atoms with Crippen LogP contribution in [0.4, 0.5) is 0 Å². The van der Waals surface area contributed by atoms with E-state index in [1.54, 1.807) is 0 Å². The Balaban J connectivity index is 2.98. The monoisotopic (exact) mass is 290 g/mol. The third-order valence-corrected chi connectivity index (χ3v) is 4.14. The van der Waals surface area contributed by atoms with Crippen LogP contribution in [0.5, 0.6) is 0 Å². The molecule has 0 rings (SSSR count). The van der Waals surface area contributed by atoms with Crippen LogP contribution in [0.3, 0.4) is 0 Å². The van der Waals surface area contributed by atoms with Crippen LogP contribution in [0.1, 0.15) is 90.9 Å². The Hall–Kier alpha value is 0.480. The van der Waals surface area contributed by atoms with E-state index in [0.29, 0.717) is 0 Å². The fourth-order valence-corrected chi connectivity index (χ4v) is 2.92. The smallest absolute Gasteiger partial charge is 0.0145 e. The lowest BCUT2D eigenvalue weighted by atomic mass is 10.0. The number of hydrogen-bond acceptors (Lipinski definition) is 0. The molecule has 0 aromatic rings. The van der Waals surface area contributed by atoms with Crippen molar-refractivity contribution in [1.29, 1.82) is 0 Å². The Morgan fingerprint density at radius 3 is 1.62 bits per heavy atom. The molecule has 0 aromatic carbocycles. The molecule has 0 fully saturated rings. The molecule has 0 bridgehead atoms. The summed E-state index contributed by atoms with van der Waals surface area (Å²) in [5.74, 6) is 0. The maximum atomic E-state index is 3.75. The molecule has 0 spiro atoms. The fourth-order valence-electron chi connectivity index (χ4n) is 2.13. The molecule has 98 valence electrons. The van der Waals surface area contributed by atoms with Crippen molar-refractivity contribution in [3.63, 3.8) is 0 Å². The normalized spacial score (nSPS) is 12.9. The van der Waals surface area contributed by atoms with Crippen molar-refractivity contribution < 1.29 is 0 Å². The van der Waals surface area contributed by atoms with Crippen LogP contribution < -0.4 is 0 Å². The van der Waals surface area contributed by atoms with Crippen LogP contribution in [-0.2, 0) is 0 Å². The molecule has 0 aliphatic heterocycles. The Morgan fingerprint density at radius 1 is 0.625 bits per heavy atom. The van der Waals surface area contributed by atoms with Gasteiger partial charge in [-0.1, -0.05) is 94.0 Å². The summed E-state index contributed by atoms with van der Waals surface area (Å²) < 4.78 is 0. The minimum absolute atomic E-state index is 0.780. The quantitative estimate of drug-likeness (QED) is 0.285. The van der Waals surface area contributed by atoms with Crippen molar-refractivity contribution in [2.24, 2.45) is 0 Å². The summed E-state index contributed by atoms with van der Waals surface area (Å²) in [7, 11) is 0. The standard InChI is InChI=1S/C15H31Br/c1-3-5-6-7-8-9-10-11-12-14-15(16)13-4-2/h15H,3-14H2,1-2H3. The second-order valence-electron chi connectivity index (χ2n) is 5.00. The lowest BCUT2D eigenvalue weighted by Gasteiger charge is -2.07. The third-order valence-electron chi connectivity index (χ3n) is 3.22. The van der Waals surface area contributed by atoms with E-state index in [9.17, 15) is 0 Å². The van der Waals surface area contributed by atoms with Gasteiger partial charge in [0.2, 0.25) is 0 Å². The van der Waals surface area contributed by atoms with E-state index in [0.717, 1.165) is 4.83 Å². The molecule has 16 heavy (non-hydrogen) atoms. The van der Waals surface area contributed by atoms with Gasteiger partial charge in [0, 0.05) is 4.83 Å². The van der Waals surface area contributed by atoms with Gasteiger partial charge in [-0.3, -0.25) is 0 Å². The van der Waals surface area contributed by atoms with E-state index < -0.39 is 0 Å². The second kappa shape index (κ2) is 13.5. The summed E-state index contributed by atoms with van der Waals surface area (Å²) >= 11 is 3.75. The van der Waals surface area contributed by atoms with E-state index in [-0.39, 0.29) is 0 Å². The van der Waals surface area contributed by atoms with Crippen LogP contribution in [0.15, 0.2) is 0 Å². The molecular formula is C15H31Br. The van der Waals surface area contributed by atoms with Crippen molar-refractivity contribution in [1.82, 2.24) is 0 Å². The van der Waals surface area contributed by atoms with E-state index >= 15 is 0 Å². The van der Waals surface area contributed by atoms with E-state index in [2.05, 4.69) is 29.8 Å². The first-order chi connectivity index (χ1) is 7.81. The highest BCUT2D eigenvalue weighted by molar-refractivity contribution is 9.09. The molecule has 0 nitrogen and oxygen atoms in total. The molecule has 0 aliphatic rings. The molecule has 0 radical (unpaired) electrons. The summed E-state index contributed by atoms with van der Waals surface area (Å²) in [5.41, 5.74) is 0.